The van der Waals surface area contributed by atoms with E-state index in [4.69, 9.17) is 27.9 Å². The maximum Gasteiger partial charge on any atom is 0.254 e. The number of ether oxygens (including phenoxy) is 1. The number of carbonyl (C=O) groups excluding carboxylic acids is 1. The number of rotatable bonds is 5. The third-order valence-corrected chi connectivity index (χ3v) is 3.99. The van der Waals surface area contributed by atoms with Crippen LogP contribution in [-0.2, 0) is 16.1 Å². The average molecular weight is 318 g/mol. The molecule has 0 fully saturated rings. The topological polar surface area (TPSA) is 29.5 Å². The molecule has 0 atom stereocenters. The van der Waals surface area contributed by atoms with Gasteiger partial charge in [0.2, 0.25) is 0 Å². The Labute approximate surface area is 130 Å². The van der Waals surface area contributed by atoms with Gasteiger partial charge in [0.1, 0.15) is 5.60 Å². The Kier molecular flexibility index (Phi) is 5.87. The third kappa shape index (κ3) is 4.11. The first-order valence-electron chi connectivity index (χ1n) is 6.49. The van der Waals surface area contributed by atoms with Crippen LogP contribution in [0.2, 0.25) is 10.0 Å². The van der Waals surface area contributed by atoms with Crippen LogP contribution in [0.4, 0.5) is 0 Å². The number of hydrogen-bond acceptors (Lipinski definition) is 2. The van der Waals surface area contributed by atoms with Gasteiger partial charge in [-0.25, -0.2) is 0 Å². The van der Waals surface area contributed by atoms with Gasteiger partial charge < -0.3 is 9.64 Å². The summed E-state index contributed by atoms with van der Waals surface area (Å²) in [4.78, 5) is 14.3. The van der Waals surface area contributed by atoms with Gasteiger partial charge in [-0.3, -0.25) is 4.79 Å². The first-order chi connectivity index (χ1) is 9.19. The van der Waals surface area contributed by atoms with Gasteiger partial charge in [-0.05, 0) is 45.4 Å². The second-order valence-electron chi connectivity index (χ2n) is 5.49. The minimum Gasteiger partial charge on any atom is -0.369 e. The van der Waals surface area contributed by atoms with Gasteiger partial charge in [0.05, 0.1) is 10.0 Å². The molecule has 0 radical (unpaired) electrons. The molecule has 0 spiro atoms. The Balaban J connectivity index is 2.98. The van der Waals surface area contributed by atoms with Crippen molar-refractivity contribution in [3.63, 3.8) is 0 Å². The van der Waals surface area contributed by atoms with Crippen LogP contribution in [0.25, 0.3) is 0 Å². The average Bonchev–Trinajstić information content (AvgIpc) is 2.38. The summed E-state index contributed by atoms with van der Waals surface area (Å²) in [6, 6.07) is 5.46. The summed E-state index contributed by atoms with van der Waals surface area (Å²) in [5.74, 6) is -0.0546. The molecule has 0 saturated heterocycles. The molecule has 1 rings (SSSR count). The molecular formula is C15H21Cl2NO2. The fraction of sp³-hybridized carbons (Fsp3) is 0.533. The molecule has 0 aliphatic heterocycles. The predicted molar refractivity (Wildman–Crippen MR) is 83.2 cm³/mol. The van der Waals surface area contributed by atoms with E-state index in [0.29, 0.717) is 16.6 Å². The molecule has 0 heterocycles. The molecule has 1 aromatic carbocycles. The molecule has 0 unspecified atom stereocenters. The highest BCUT2D eigenvalue weighted by molar-refractivity contribution is 6.42. The van der Waals surface area contributed by atoms with Gasteiger partial charge in [-0.1, -0.05) is 29.3 Å². The summed E-state index contributed by atoms with van der Waals surface area (Å²) in [6.45, 7) is 7.95. The summed E-state index contributed by atoms with van der Waals surface area (Å²) >= 11 is 11.9. The number of methoxy groups -OCH3 is 1. The lowest BCUT2D eigenvalue weighted by Gasteiger charge is -2.34. The SMILES string of the molecule is COC(C)(C)C(=O)N(Cc1ccc(Cl)c(Cl)c1)C(C)C. The maximum absolute atomic E-state index is 12.5. The van der Waals surface area contributed by atoms with E-state index in [1.807, 2.05) is 19.9 Å². The van der Waals surface area contributed by atoms with Crippen molar-refractivity contribution in [3.05, 3.63) is 33.8 Å². The highest BCUT2D eigenvalue weighted by Gasteiger charge is 2.33. The third-order valence-electron chi connectivity index (χ3n) is 3.25. The van der Waals surface area contributed by atoms with Gasteiger partial charge >= 0.3 is 0 Å². The van der Waals surface area contributed by atoms with E-state index in [0.717, 1.165) is 5.56 Å². The Morgan fingerprint density at radius 1 is 1.30 bits per heavy atom. The molecule has 0 aliphatic rings. The Hall–Kier alpha value is -0.770. The van der Waals surface area contributed by atoms with Crippen LogP contribution < -0.4 is 0 Å². The second-order valence-corrected chi connectivity index (χ2v) is 6.30. The molecule has 0 aliphatic carbocycles. The number of benzene rings is 1. The van der Waals surface area contributed by atoms with Gasteiger partial charge in [-0.2, -0.15) is 0 Å². The molecule has 5 heteroatoms. The van der Waals surface area contributed by atoms with Crippen molar-refractivity contribution in [3.8, 4) is 0 Å². The van der Waals surface area contributed by atoms with Gasteiger partial charge in [0.25, 0.3) is 5.91 Å². The number of amides is 1. The number of carbonyl (C=O) groups is 1. The molecule has 3 nitrogen and oxygen atoms in total. The smallest absolute Gasteiger partial charge is 0.254 e. The maximum atomic E-state index is 12.5. The zero-order valence-corrected chi connectivity index (χ0v) is 14.0. The zero-order valence-electron chi connectivity index (χ0n) is 12.5. The van der Waals surface area contributed by atoms with Crippen LogP contribution in [0, 0.1) is 0 Å². The standard InChI is InChI=1S/C15H21Cl2NO2/c1-10(2)18(14(19)15(3,4)20-5)9-11-6-7-12(16)13(17)8-11/h6-8,10H,9H2,1-5H3. The van der Waals surface area contributed by atoms with E-state index in [2.05, 4.69) is 0 Å². The summed E-state index contributed by atoms with van der Waals surface area (Å²) < 4.78 is 5.27. The summed E-state index contributed by atoms with van der Waals surface area (Å²) in [7, 11) is 1.54. The largest absolute Gasteiger partial charge is 0.369 e. The molecule has 0 aromatic heterocycles. The Bertz CT molecular complexity index is 487. The van der Waals surface area contributed by atoms with Crippen molar-refractivity contribution in [2.24, 2.45) is 0 Å². The van der Waals surface area contributed by atoms with Crippen molar-refractivity contribution in [1.82, 2.24) is 4.90 Å². The first-order valence-corrected chi connectivity index (χ1v) is 7.24. The normalized spacial score (nSPS) is 11.8. The van der Waals surface area contributed by atoms with Crippen LogP contribution >= 0.6 is 23.2 Å². The Morgan fingerprint density at radius 3 is 2.35 bits per heavy atom. The molecule has 0 saturated carbocycles. The van der Waals surface area contributed by atoms with E-state index in [-0.39, 0.29) is 11.9 Å². The summed E-state index contributed by atoms with van der Waals surface area (Å²) in [6.07, 6.45) is 0. The Morgan fingerprint density at radius 2 is 1.90 bits per heavy atom. The molecule has 1 amide bonds. The monoisotopic (exact) mass is 317 g/mol. The van der Waals surface area contributed by atoms with E-state index in [1.54, 1.807) is 30.9 Å². The molecular weight excluding hydrogens is 297 g/mol. The second kappa shape index (κ2) is 6.79. The fourth-order valence-electron chi connectivity index (χ4n) is 1.76. The highest BCUT2D eigenvalue weighted by Crippen LogP contribution is 2.24. The lowest BCUT2D eigenvalue weighted by molar-refractivity contribution is -0.153. The molecule has 1 aromatic rings. The van der Waals surface area contributed by atoms with Gasteiger partial charge in [-0.15, -0.1) is 0 Å². The molecule has 0 bridgehead atoms. The zero-order chi connectivity index (χ0) is 15.5. The van der Waals surface area contributed by atoms with E-state index in [1.165, 1.54) is 7.11 Å². The van der Waals surface area contributed by atoms with E-state index < -0.39 is 5.60 Å². The van der Waals surface area contributed by atoms with Crippen molar-refractivity contribution < 1.29 is 9.53 Å². The van der Waals surface area contributed by atoms with Crippen LogP contribution in [0.5, 0.6) is 0 Å². The van der Waals surface area contributed by atoms with Crippen molar-refractivity contribution in [2.75, 3.05) is 7.11 Å². The van der Waals surface area contributed by atoms with Crippen molar-refractivity contribution in [1.29, 1.82) is 0 Å². The van der Waals surface area contributed by atoms with Crippen molar-refractivity contribution >= 4 is 29.1 Å². The quantitative estimate of drug-likeness (QED) is 0.816. The fourth-order valence-corrected chi connectivity index (χ4v) is 2.08. The minimum absolute atomic E-state index is 0.0546. The molecule has 0 N–H and O–H groups in total. The molecule has 20 heavy (non-hydrogen) atoms. The number of nitrogens with zero attached hydrogens (tertiary/aromatic N) is 1. The molecule has 112 valence electrons. The number of hydrogen-bond donors (Lipinski definition) is 0. The van der Waals surface area contributed by atoms with E-state index >= 15 is 0 Å². The lowest BCUT2D eigenvalue weighted by atomic mass is 10.1. The number of halogens is 2. The predicted octanol–water partition coefficient (Wildman–Crippen LogP) is 4.16. The van der Waals surface area contributed by atoms with Crippen LogP contribution in [0.1, 0.15) is 33.3 Å². The lowest BCUT2D eigenvalue weighted by Crippen LogP contribution is -2.48. The van der Waals surface area contributed by atoms with Gasteiger partial charge in [0, 0.05) is 19.7 Å². The van der Waals surface area contributed by atoms with Crippen LogP contribution in [0.3, 0.4) is 0 Å². The van der Waals surface area contributed by atoms with Crippen LogP contribution in [-0.4, -0.2) is 29.6 Å². The van der Waals surface area contributed by atoms with Gasteiger partial charge in [0.15, 0.2) is 0 Å². The summed E-state index contributed by atoms with van der Waals surface area (Å²) in [5.41, 5.74) is 0.0916. The first kappa shape index (κ1) is 17.3. The highest BCUT2D eigenvalue weighted by atomic mass is 35.5. The van der Waals surface area contributed by atoms with E-state index in [9.17, 15) is 4.79 Å². The van der Waals surface area contributed by atoms with Crippen molar-refractivity contribution in [2.45, 2.75) is 45.9 Å². The minimum atomic E-state index is -0.847. The van der Waals surface area contributed by atoms with Crippen LogP contribution in [0.15, 0.2) is 18.2 Å². The summed E-state index contributed by atoms with van der Waals surface area (Å²) in [5, 5.41) is 1.00.